The van der Waals surface area contributed by atoms with Crippen LogP contribution in [0.5, 0.6) is 0 Å². The van der Waals surface area contributed by atoms with Gasteiger partial charge in [0.2, 0.25) is 0 Å². The monoisotopic (exact) mass is 277 g/mol. The van der Waals surface area contributed by atoms with Gasteiger partial charge in [0.15, 0.2) is 0 Å². The minimum atomic E-state index is -1.14. The van der Waals surface area contributed by atoms with E-state index in [9.17, 15) is 9.59 Å². The maximum Gasteiger partial charge on any atom is 0.338 e. The van der Waals surface area contributed by atoms with E-state index < -0.39 is 11.9 Å². The first-order chi connectivity index (χ1) is 9.59. The number of hydrogen-bond acceptors (Lipinski definition) is 4. The molecular weight excluding hydrogens is 258 g/mol. The van der Waals surface area contributed by atoms with Crippen LogP contribution >= 0.6 is 0 Å². The number of pyridine rings is 1. The van der Waals surface area contributed by atoms with E-state index in [2.05, 4.69) is 22.1 Å². The number of aromatic nitrogens is 1. The Kier molecular flexibility index (Phi) is 4.68. The summed E-state index contributed by atoms with van der Waals surface area (Å²) in [6, 6.07) is 3.14. The summed E-state index contributed by atoms with van der Waals surface area (Å²) in [7, 11) is 0. The SMILES string of the molecule is CC(CNC(=O)c1ncccc1C(=O)O)N1CCCC1. The number of likely N-dealkylation sites (tertiary alicyclic amines) is 1. The topological polar surface area (TPSA) is 82.5 Å². The molecule has 108 valence electrons. The summed E-state index contributed by atoms with van der Waals surface area (Å²) in [5, 5.41) is 11.8. The molecule has 1 atom stereocenters. The second kappa shape index (κ2) is 6.47. The number of carbonyl (C=O) groups is 2. The van der Waals surface area contributed by atoms with Crippen LogP contribution in [0.1, 0.15) is 40.6 Å². The number of nitrogens with zero attached hydrogens (tertiary/aromatic N) is 2. The predicted octanol–water partition coefficient (Wildman–Crippen LogP) is 0.994. The molecule has 0 saturated carbocycles. The number of amides is 1. The zero-order chi connectivity index (χ0) is 14.5. The van der Waals surface area contributed by atoms with Crippen molar-refractivity contribution in [3.05, 3.63) is 29.6 Å². The van der Waals surface area contributed by atoms with Crippen LogP contribution in [-0.4, -0.2) is 52.5 Å². The Morgan fingerprint density at radius 2 is 2.15 bits per heavy atom. The summed E-state index contributed by atoms with van der Waals surface area (Å²) in [6.07, 6.45) is 3.81. The molecule has 0 radical (unpaired) electrons. The van der Waals surface area contributed by atoms with Crippen LogP contribution in [0, 0.1) is 0 Å². The molecule has 1 aliphatic heterocycles. The Hall–Kier alpha value is -1.95. The number of carboxylic acids is 1. The molecule has 1 aliphatic rings. The molecule has 2 heterocycles. The molecule has 1 aromatic heterocycles. The molecule has 1 aromatic rings. The molecule has 0 bridgehead atoms. The minimum absolute atomic E-state index is 0.0337. The van der Waals surface area contributed by atoms with Gasteiger partial charge in [0.25, 0.3) is 5.91 Å². The Balaban J connectivity index is 1.96. The van der Waals surface area contributed by atoms with Crippen molar-refractivity contribution < 1.29 is 14.7 Å². The van der Waals surface area contributed by atoms with Crippen molar-refractivity contribution in [1.82, 2.24) is 15.2 Å². The average Bonchev–Trinajstić information content (AvgIpc) is 2.98. The van der Waals surface area contributed by atoms with Crippen molar-refractivity contribution in [2.75, 3.05) is 19.6 Å². The quantitative estimate of drug-likeness (QED) is 0.839. The number of carboxylic acid groups (broad SMARTS) is 1. The van der Waals surface area contributed by atoms with Gasteiger partial charge in [-0.2, -0.15) is 0 Å². The van der Waals surface area contributed by atoms with E-state index in [4.69, 9.17) is 5.11 Å². The highest BCUT2D eigenvalue weighted by Gasteiger charge is 2.21. The van der Waals surface area contributed by atoms with Gasteiger partial charge in [-0.15, -0.1) is 0 Å². The van der Waals surface area contributed by atoms with Crippen molar-refractivity contribution in [3.63, 3.8) is 0 Å². The van der Waals surface area contributed by atoms with Crippen molar-refractivity contribution in [2.24, 2.45) is 0 Å². The normalized spacial score (nSPS) is 16.9. The van der Waals surface area contributed by atoms with Crippen LogP contribution in [0.3, 0.4) is 0 Å². The van der Waals surface area contributed by atoms with Crippen molar-refractivity contribution >= 4 is 11.9 Å². The molecule has 2 rings (SSSR count). The number of rotatable bonds is 5. The van der Waals surface area contributed by atoms with E-state index in [1.165, 1.54) is 31.2 Å². The Morgan fingerprint density at radius 1 is 1.45 bits per heavy atom. The van der Waals surface area contributed by atoms with Gasteiger partial charge in [0.1, 0.15) is 5.69 Å². The summed E-state index contributed by atoms with van der Waals surface area (Å²) >= 11 is 0. The van der Waals surface area contributed by atoms with Gasteiger partial charge >= 0.3 is 5.97 Å². The zero-order valence-corrected chi connectivity index (χ0v) is 11.5. The lowest BCUT2D eigenvalue weighted by Crippen LogP contribution is -2.41. The first kappa shape index (κ1) is 14.5. The number of nitrogens with one attached hydrogen (secondary N) is 1. The summed E-state index contributed by atoms with van der Waals surface area (Å²) in [5.74, 6) is -1.58. The second-order valence-electron chi connectivity index (χ2n) is 5.01. The highest BCUT2D eigenvalue weighted by molar-refractivity contribution is 6.03. The molecule has 1 amide bonds. The van der Waals surface area contributed by atoms with Gasteiger partial charge in [-0.3, -0.25) is 14.7 Å². The van der Waals surface area contributed by atoms with Gasteiger partial charge in [0, 0.05) is 18.8 Å². The predicted molar refractivity (Wildman–Crippen MR) is 73.8 cm³/mol. The lowest BCUT2D eigenvalue weighted by Gasteiger charge is -2.23. The molecule has 6 nitrogen and oxygen atoms in total. The van der Waals surface area contributed by atoms with E-state index in [-0.39, 0.29) is 17.3 Å². The molecule has 1 saturated heterocycles. The third-order valence-electron chi connectivity index (χ3n) is 3.58. The molecule has 2 N–H and O–H groups in total. The highest BCUT2D eigenvalue weighted by Crippen LogP contribution is 2.11. The fraction of sp³-hybridized carbons (Fsp3) is 0.500. The Morgan fingerprint density at radius 3 is 2.80 bits per heavy atom. The van der Waals surface area contributed by atoms with E-state index in [0.29, 0.717) is 6.54 Å². The Bertz CT molecular complexity index is 498. The molecule has 1 unspecified atom stereocenters. The fourth-order valence-corrected chi connectivity index (χ4v) is 2.39. The first-order valence-electron chi connectivity index (χ1n) is 6.80. The van der Waals surface area contributed by atoms with E-state index in [1.54, 1.807) is 0 Å². The van der Waals surface area contributed by atoms with E-state index >= 15 is 0 Å². The van der Waals surface area contributed by atoms with Crippen LogP contribution in [0.15, 0.2) is 18.3 Å². The van der Waals surface area contributed by atoms with Gasteiger partial charge in [-0.25, -0.2) is 4.79 Å². The third-order valence-corrected chi connectivity index (χ3v) is 3.58. The molecule has 20 heavy (non-hydrogen) atoms. The summed E-state index contributed by atoms with van der Waals surface area (Å²) < 4.78 is 0. The number of hydrogen-bond donors (Lipinski definition) is 2. The van der Waals surface area contributed by atoms with Gasteiger partial charge in [-0.1, -0.05) is 0 Å². The van der Waals surface area contributed by atoms with Crippen molar-refractivity contribution in [3.8, 4) is 0 Å². The van der Waals surface area contributed by atoms with Gasteiger partial charge < -0.3 is 10.4 Å². The van der Waals surface area contributed by atoms with Crippen molar-refractivity contribution in [2.45, 2.75) is 25.8 Å². The molecule has 0 aromatic carbocycles. The summed E-state index contributed by atoms with van der Waals surface area (Å²) in [5.41, 5.74) is -0.104. The minimum Gasteiger partial charge on any atom is -0.478 e. The zero-order valence-electron chi connectivity index (χ0n) is 11.5. The fourth-order valence-electron chi connectivity index (χ4n) is 2.39. The van der Waals surface area contributed by atoms with Crippen molar-refractivity contribution in [1.29, 1.82) is 0 Å². The molecule has 0 aliphatic carbocycles. The highest BCUT2D eigenvalue weighted by atomic mass is 16.4. The number of aromatic carboxylic acids is 1. The lowest BCUT2D eigenvalue weighted by molar-refractivity contribution is 0.0689. The van der Waals surface area contributed by atoms with Crippen LogP contribution in [0.25, 0.3) is 0 Å². The average molecular weight is 277 g/mol. The Labute approximate surface area is 117 Å². The third kappa shape index (κ3) is 3.33. The smallest absolute Gasteiger partial charge is 0.338 e. The lowest BCUT2D eigenvalue weighted by atomic mass is 10.2. The van der Waals surface area contributed by atoms with Crippen LogP contribution in [0.4, 0.5) is 0 Å². The molecular formula is C14H19N3O3. The molecule has 0 spiro atoms. The van der Waals surface area contributed by atoms with E-state index in [1.807, 2.05) is 0 Å². The maximum absolute atomic E-state index is 12.0. The molecule has 1 fully saturated rings. The standard InChI is InChI=1S/C14H19N3O3/c1-10(17-7-2-3-8-17)9-16-13(18)12-11(14(19)20)5-4-6-15-12/h4-6,10H,2-3,7-9H2,1H3,(H,16,18)(H,19,20). The largest absolute Gasteiger partial charge is 0.478 e. The number of carbonyl (C=O) groups excluding carboxylic acids is 1. The van der Waals surface area contributed by atoms with Crippen LogP contribution in [0.2, 0.25) is 0 Å². The van der Waals surface area contributed by atoms with Gasteiger partial charge in [-0.05, 0) is 45.0 Å². The first-order valence-corrected chi connectivity index (χ1v) is 6.80. The summed E-state index contributed by atoms with van der Waals surface area (Å²) in [4.78, 5) is 29.3. The summed E-state index contributed by atoms with van der Waals surface area (Å²) in [6.45, 7) is 4.67. The maximum atomic E-state index is 12.0. The van der Waals surface area contributed by atoms with Crippen LogP contribution < -0.4 is 5.32 Å². The van der Waals surface area contributed by atoms with Gasteiger partial charge in [0.05, 0.1) is 5.56 Å². The molecule has 6 heteroatoms. The second-order valence-corrected chi connectivity index (χ2v) is 5.01. The van der Waals surface area contributed by atoms with Crippen LogP contribution in [-0.2, 0) is 0 Å². The van der Waals surface area contributed by atoms with E-state index in [0.717, 1.165) is 13.1 Å².